The van der Waals surface area contributed by atoms with Crippen molar-refractivity contribution in [2.75, 3.05) is 19.0 Å². The molecule has 0 bridgehead atoms. The molecular weight excluding hydrogens is 332 g/mol. The molecule has 0 aliphatic rings. The van der Waals surface area contributed by atoms with Gasteiger partial charge in [0.25, 0.3) is 11.9 Å². The molecule has 0 spiro atoms. The van der Waals surface area contributed by atoms with Crippen LogP contribution in [-0.4, -0.2) is 30.1 Å². The van der Waals surface area contributed by atoms with E-state index in [2.05, 4.69) is 15.5 Å². The van der Waals surface area contributed by atoms with Crippen molar-refractivity contribution < 1.29 is 26.9 Å². The van der Waals surface area contributed by atoms with Gasteiger partial charge in [-0.15, -0.1) is 0 Å². The quantitative estimate of drug-likeness (QED) is 0.842. The van der Waals surface area contributed by atoms with Gasteiger partial charge in [-0.3, -0.25) is 4.79 Å². The van der Waals surface area contributed by atoms with Crippen LogP contribution in [0, 0.1) is 0 Å². The molecule has 1 aromatic heterocycles. The number of alkyl halides is 4. The van der Waals surface area contributed by atoms with E-state index in [0.29, 0.717) is 5.95 Å². The fourth-order valence-corrected chi connectivity index (χ4v) is 1.74. The summed E-state index contributed by atoms with van der Waals surface area (Å²) >= 11 is 0. The molecule has 0 unspecified atom stereocenters. The molecule has 0 aliphatic heterocycles. The Morgan fingerprint density at radius 3 is 2.42 bits per heavy atom. The third-order valence-corrected chi connectivity index (χ3v) is 3.03. The number of aromatic nitrogens is 2. The average Bonchev–Trinajstić information content (AvgIpc) is 3.00. The third kappa shape index (κ3) is 4.21. The predicted molar refractivity (Wildman–Crippen MR) is 75.8 cm³/mol. The average molecular weight is 346 g/mol. The first kappa shape index (κ1) is 17.7. The maximum Gasteiger partial charge on any atom is 0.416 e. The summed E-state index contributed by atoms with van der Waals surface area (Å²) in [6.07, 6.45) is -6.63. The van der Waals surface area contributed by atoms with E-state index >= 15 is 0 Å². The van der Waals surface area contributed by atoms with Crippen molar-refractivity contribution in [3.05, 3.63) is 41.3 Å². The smallest absolute Gasteiger partial charge is 0.344 e. The second kappa shape index (κ2) is 6.85. The summed E-state index contributed by atoms with van der Waals surface area (Å²) < 4.78 is 56.2. The number of rotatable bonds is 5. The summed E-state index contributed by atoms with van der Waals surface area (Å²) in [6, 6.07) is 3.28. The van der Waals surface area contributed by atoms with Gasteiger partial charge in [0.15, 0.2) is 0 Å². The molecule has 1 atom stereocenters. The van der Waals surface area contributed by atoms with Gasteiger partial charge in [0.1, 0.15) is 0 Å². The number of carbonyl (C=O) groups is 1. The molecule has 2 aromatic rings. The van der Waals surface area contributed by atoms with Gasteiger partial charge < -0.3 is 14.7 Å². The maximum atomic E-state index is 14.0. The van der Waals surface area contributed by atoms with E-state index in [4.69, 9.17) is 4.52 Å². The Morgan fingerprint density at radius 2 is 1.92 bits per heavy atom. The van der Waals surface area contributed by atoms with Crippen LogP contribution in [-0.2, 0) is 17.5 Å². The van der Waals surface area contributed by atoms with Crippen LogP contribution in [0.5, 0.6) is 0 Å². The Morgan fingerprint density at radius 1 is 1.29 bits per heavy atom. The lowest BCUT2D eigenvalue weighted by Crippen LogP contribution is -2.27. The molecule has 0 saturated carbocycles. The number of hydrogen-bond donors (Lipinski definition) is 1. The molecule has 1 N–H and O–H groups in total. The SMILES string of the molecule is CN(C)c1noc(CNC(=O)[C@H](F)c2ccc(C(F)(F)F)cc2)n1. The van der Waals surface area contributed by atoms with Crippen molar-refractivity contribution in [2.24, 2.45) is 0 Å². The summed E-state index contributed by atoms with van der Waals surface area (Å²) in [7, 11) is 3.38. The van der Waals surface area contributed by atoms with E-state index in [1.807, 2.05) is 0 Å². The van der Waals surface area contributed by atoms with Gasteiger partial charge in [0.05, 0.1) is 12.1 Å². The summed E-state index contributed by atoms with van der Waals surface area (Å²) in [6.45, 7) is -0.194. The number of hydrogen-bond acceptors (Lipinski definition) is 5. The topological polar surface area (TPSA) is 71.3 Å². The molecule has 10 heteroatoms. The Bertz CT molecular complexity index is 698. The largest absolute Gasteiger partial charge is 0.416 e. The lowest BCUT2D eigenvalue weighted by molar-refractivity contribution is -0.137. The van der Waals surface area contributed by atoms with Crippen molar-refractivity contribution in [1.29, 1.82) is 0 Å². The molecule has 1 aromatic carbocycles. The Balaban J connectivity index is 1.96. The normalized spacial score (nSPS) is 12.8. The first-order chi connectivity index (χ1) is 11.2. The van der Waals surface area contributed by atoms with Gasteiger partial charge in [-0.05, 0) is 22.9 Å². The first-order valence-corrected chi connectivity index (χ1v) is 6.77. The van der Waals surface area contributed by atoms with Crippen molar-refractivity contribution in [3.63, 3.8) is 0 Å². The van der Waals surface area contributed by atoms with Crippen molar-refractivity contribution >= 4 is 11.9 Å². The molecule has 0 aliphatic carbocycles. The van der Waals surface area contributed by atoms with Crippen molar-refractivity contribution in [2.45, 2.75) is 18.9 Å². The predicted octanol–water partition coefficient (Wildman–Crippen LogP) is 2.48. The fourth-order valence-electron chi connectivity index (χ4n) is 1.74. The van der Waals surface area contributed by atoms with Crippen LogP contribution in [0.4, 0.5) is 23.5 Å². The Labute approximate surface area is 134 Å². The molecule has 2 rings (SSSR count). The lowest BCUT2D eigenvalue weighted by Gasteiger charge is -2.10. The van der Waals surface area contributed by atoms with Gasteiger partial charge in [-0.25, -0.2) is 4.39 Å². The van der Waals surface area contributed by atoms with E-state index in [-0.39, 0.29) is 18.0 Å². The van der Waals surface area contributed by atoms with Gasteiger partial charge in [0.2, 0.25) is 12.1 Å². The van der Waals surface area contributed by atoms with Crippen LogP contribution in [0.2, 0.25) is 0 Å². The van der Waals surface area contributed by atoms with Crippen LogP contribution < -0.4 is 10.2 Å². The molecule has 6 nitrogen and oxygen atoms in total. The number of nitrogens with zero attached hydrogens (tertiary/aromatic N) is 3. The van der Waals surface area contributed by atoms with E-state index < -0.39 is 23.8 Å². The highest BCUT2D eigenvalue weighted by Crippen LogP contribution is 2.30. The van der Waals surface area contributed by atoms with Crippen LogP contribution in [0.25, 0.3) is 0 Å². The fraction of sp³-hybridized carbons (Fsp3) is 0.357. The summed E-state index contributed by atoms with van der Waals surface area (Å²) in [5, 5.41) is 5.86. The number of halogens is 4. The molecule has 130 valence electrons. The Hall–Kier alpha value is -2.65. The van der Waals surface area contributed by atoms with Crippen LogP contribution in [0.15, 0.2) is 28.8 Å². The van der Waals surface area contributed by atoms with Crippen LogP contribution in [0.3, 0.4) is 0 Å². The van der Waals surface area contributed by atoms with Gasteiger partial charge in [-0.2, -0.15) is 18.2 Å². The zero-order chi connectivity index (χ0) is 17.9. The highest BCUT2D eigenvalue weighted by molar-refractivity contribution is 5.81. The van der Waals surface area contributed by atoms with Gasteiger partial charge in [0, 0.05) is 14.1 Å². The standard InChI is InChI=1S/C14H14F4N4O2/c1-22(2)13-20-10(24-21-13)7-19-12(23)11(15)8-3-5-9(6-4-8)14(16,17)18/h3-6,11H,7H2,1-2H3,(H,19,23)/t11-/m1/s1. The summed E-state index contributed by atoms with van der Waals surface area (Å²) in [4.78, 5) is 17.2. The number of anilines is 1. The minimum Gasteiger partial charge on any atom is -0.344 e. The number of nitrogens with one attached hydrogen (secondary N) is 1. The minimum absolute atomic E-state index is 0.0756. The summed E-state index contributed by atoms with van der Waals surface area (Å²) in [5.41, 5.74) is -1.10. The number of carbonyl (C=O) groups excluding carboxylic acids is 1. The number of benzene rings is 1. The second-order valence-corrected chi connectivity index (χ2v) is 5.08. The van der Waals surface area contributed by atoms with Crippen LogP contribution >= 0.6 is 0 Å². The highest BCUT2D eigenvalue weighted by atomic mass is 19.4. The van der Waals surface area contributed by atoms with Crippen molar-refractivity contribution in [1.82, 2.24) is 15.5 Å². The van der Waals surface area contributed by atoms with E-state index in [1.54, 1.807) is 19.0 Å². The molecule has 0 radical (unpaired) electrons. The number of amides is 1. The molecule has 24 heavy (non-hydrogen) atoms. The maximum absolute atomic E-state index is 14.0. The molecule has 1 heterocycles. The first-order valence-electron chi connectivity index (χ1n) is 6.77. The second-order valence-electron chi connectivity index (χ2n) is 5.08. The molecule has 0 fully saturated rings. The monoisotopic (exact) mass is 346 g/mol. The highest BCUT2D eigenvalue weighted by Gasteiger charge is 2.30. The van der Waals surface area contributed by atoms with E-state index in [9.17, 15) is 22.4 Å². The summed E-state index contributed by atoms with van der Waals surface area (Å²) in [5.74, 6) is -0.648. The third-order valence-electron chi connectivity index (χ3n) is 3.03. The molecule has 1 amide bonds. The van der Waals surface area contributed by atoms with Gasteiger partial charge in [-0.1, -0.05) is 12.1 Å². The van der Waals surface area contributed by atoms with Crippen molar-refractivity contribution in [3.8, 4) is 0 Å². The minimum atomic E-state index is -4.52. The molecular formula is C14H14F4N4O2. The van der Waals surface area contributed by atoms with E-state index in [0.717, 1.165) is 24.3 Å². The Kier molecular flexibility index (Phi) is 5.05. The zero-order valence-electron chi connectivity index (χ0n) is 12.8. The zero-order valence-corrected chi connectivity index (χ0v) is 12.8. The molecule has 0 saturated heterocycles. The lowest BCUT2D eigenvalue weighted by atomic mass is 10.1. The van der Waals surface area contributed by atoms with Gasteiger partial charge >= 0.3 is 6.18 Å². The van der Waals surface area contributed by atoms with E-state index in [1.165, 1.54) is 0 Å². The van der Waals surface area contributed by atoms with Crippen LogP contribution in [0.1, 0.15) is 23.2 Å².